The Hall–Kier alpha value is -2.00. The van der Waals surface area contributed by atoms with Gasteiger partial charge in [0.2, 0.25) is 0 Å². The Bertz CT molecular complexity index is 325. The highest BCUT2D eigenvalue weighted by molar-refractivity contribution is 5.35. The van der Waals surface area contributed by atoms with Crippen molar-refractivity contribution in [2.75, 3.05) is 0 Å². The molecule has 0 aromatic rings. The molecule has 1 heterocycles. The van der Waals surface area contributed by atoms with Gasteiger partial charge in [-0.05, 0) is 12.2 Å². The van der Waals surface area contributed by atoms with Crippen LogP contribution >= 0.6 is 0 Å². The first-order chi connectivity index (χ1) is 5.88. The highest BCUT2D eigenvalue weighted by atomic mass is 16.5. The molecule has 58 valence electrons. The maximum atomic E-state index is 8.60. The van der Waals surface area contributed by atoms with E-state index in [1.54, 1.807) is 24.3 Å². The van der Waals surface area contributed by atoms with Gasteiger partial charge in [0.25, 0.3) is 0 Å². The summed E-state index contributed by atoms with van der Waals surface area (Å²) in [5.74, 6) is 0. The van der Waals surface area contributed by atoms with Crippen LogP contribution in [0.1, 0.15) is 0 Å². The molecule has 12 heavy (non-hydrogen) atoms. The van der Waals surface area contributed by atoms with Crippen molar-refractivity contribution in [3.63, 3.8) is 0 Å². The third kappa shape index (κ3) is 1.74. The van der Waals surface area contributed by atoms with Crippen LogP contribution in [0.3, 0.4) is 0 Å². The fraction of sp³-hybridized carbons (Fsp3) is 0.111. The van der Waals surface area contributed by atoms with E-state index in [9.17, 15) is 0 Å². The van der Waals surface area contributed by atoms with Crippen LogP contribution in [0.5, 0.6) is 0 Å². The SMILES string of the molecule is N#C/C=C(\C#N)C1C=CC=CO1. The molecule has 0 aromatic heterocycles. The van der Waals surface area contributed by atoms with Gasteiger partial charge in [-0.25, -0.2) is 0 Å². The molecule has 1 rings (SSSR count). The smallest absolute Gasteiger partial charge is 0.152 e. The summed E-state index contributed by atoms with van der Waals surface area (Å²) in [7, 11) is 0. The van der Waals surface area contributed by atoms with E-state index in [-0.39, 0.29) is 0 Å². The van der Waals surface area contributed by atoms with Crippen LogP contribution in [-0.4, -0.2) is 6.10 Å². The zero-order valence-electron chi connectivity index (χ0n) is 6.27. The molecule has 0 aromatic carbocycles. The molecule has 0 radical (unpaired) electrons. The summed E-state index contributed by atoms with van der Waals surface area (Å²) in [6, 6.07) is 3.69. The third-order valence-electron chi connectivity index (χ3n) is 1.36. The molecule has 1 unspecified atom stereocenters. The second kappa shape index (κ2) is 4.00. The molecular formula is C9H6N2O. The van der Waals surface area contributed by atoms with Crippen molar-refractivity contribution in [3.8, 4) is 12.1 Å². The van der Waals surface area contributed by atoms with Gasteiger partial charge >= 0.3 is 0 Å². The zero-order valence-corrected chi connectivity index (χ0v) is 6.27. The van der Waals surface area contributed by atoms with Crippen LogP contribution in [0.4, 0.5) is 0 Å². The van der Waals surface area contributed by atoms with Gasteiger partial charge in [-0.15, -0.1) is 0 Å². The number of hydrogen-bond donors (Lipinski definition) is 0. The second-order valence-electron chi connectivity index (χ2n) is 2.11. The third-order valence-corrected chi connectivity index (χ3v) is 1.36. The van der Waals surface area contributed by atoms with Crippen LogP contribution in [0, 0.1) is 22.7 Å². The first-order valence-corrected chi connectivity index (χ1v) is 3.37. The average Bonchev–Trinajstić information content (AvgIpc) is 2.15. The Morgan fingerprint density at radius 1 is 1.42 bits per heavy atom. The Balaban J connectivity index is 2.77. The molecule has 3 nitrogen and oxygen atoms in total. The first-order valence-electron chi connectivity index (χ1n) is 3.37. The van der Waals surface area contributed by atoms with E-state index in [0.717, 1.165) is 0 Å². The fourth-order valence-corrected chi connectivity index (χ4v) is 0.810. The zero-order chi connectivity index (χ0) is 8.81. The fourth-order valence-electron chi connectivity index (χ4n) is 0.810. The topological polar surface area (TPSA) is 56.8 Å². The molecule has 1 atom stereocenters. The average molecular weight is 158 g/mol. The summed E-state index contributed by atoms with van der Waals surface area (Å²) in [6.07, 6.45) is 7.49. The Kier molecular flexibility index (Phi) is 2.70. The minimum Gasteiger partial charge on any atom is -0.488 e. The molecule has 1 aliphatic rings. The summed E-state index contributed by atoms with van der Waals surface area (Å²) >= 11 is 0. The molecule has 0 amide bonds. The number of allylic oxidation sites excluding steroid dienone is 3. The van der Waals surface area contributed by atoms with Crippen molar-refractivity contribution >= 4 is 0 Å². The monoisotopic (exact) mass is 158 g/mol. The number of nitrogens with zero attached hydrogens (tertiary/aromatic N) is 2. The normalized spacial score (nSPS) is 20.8. The molecular weight excluding hydrogens is 152 g/mol. The van der Waals surface area contributed by atoms with Crippen molar-refractivity contribution in [2.45, 2.75) is 6.10 Å². The van der Waals surface area contributed by atoms with Crippen molar-refractivity contribution in [1.29, 1.82) is 10.5 Å². The molecule has 0 bridgehead atoms. The van der Waals surface area contributed by atoms with Gasteiger partial charge in [0.1, 0.15) is 0 Å². The molecule has 0 N–H and O–H groups in total. The quantitative estimate of drug-likeness (QED) is 0.542. The van der Waals surface area contributed by atoms with Crippen LogP contribution in [0.25, 0.3) is 0 Å². The summed E-state index contributed by atoms with van der Waals surface area (Å²) < 4.78 is 5.07. The largest absolute Gasteiger partial charge is 0.488 e. The minimum atomic E-state index is -0.403. The van der Waals surface area contributed by atoms with E-state index in [1.165, 1.54) is 12.3 Å². The lowest BCUT2D eigenvalue weighted by Crippen LogP contribution is -2.10. The van der Waals surface area contributed by atoms with Crippen molar-refractivity contribution in [2.24, 2.45) is 0 Å². The van der Waals surface area contributed by atoms with Gasteiger partial charge in [-0.3, -0.25) is 0 Å². The molecule has 0 aliphatic carbocycles. The van der Waals surface area contributed by atoms with Crippen LogP contribution in [0.15, 0.2) is 36.1 Å². The molecule has 0 saturated heterocycles. The highest BCUT2D eigenvalue weighted by Crippen LogP contribution is 2.11. The summed E-state index contributed by atoms with van der Waals surface area (Å²) in [4.78, 5) is 0. The maximum absolute atomic E-state index is 8.60. The maximum Gasteiger partial charge on any atom is 0.152 e. The first kappa shape index (κ1) is 8.10. The van der Waals surface area contributed by atoms with E-state index < -0.39 is 6.10 Å². The predicted molar refractivity (Wildman–Crippen MR) is 42.5 cm³/mol. The standard InChI is InChI=1S/C9H6N2O/c10-5-4-8(7-11)9-3-1-2-6-12-9/h1-4,6,9H/b8-4+. The van der Waals surface area contributed by atoms with Gasteiger partial charge in [0, 0.05) is 6.08 Å². The number of hydrogen-bond acceptors (Lipinski definition) is 3. The Morgan fingerprint density at radius 3 is 2.75 bits per heavy atom. The van der Waals surface area contributed by atoms with Gasteiger partial charge in [0.15, 0.2) is 6.10 Å². The Morgan fingerprint density at radius 2 is 2.25 bits per heavy atom. The van der Waals surface area contributed by atoms with Gasteiger partial charge in [0.05, 0.1) is 24.0 Å². The van der Waals surface area contributed by atoms with Gasteiger partial charge in [-0.2, -0.15) is 10.5 Å². The minimum absolute atomic E-state index is 0.318. The van der Waals surface area contributed by atoms with E-state index in [1.807, 2.05) is 6.07 Å². The summed E-state index contributed by atoms with van der Waals surface area (Å²) in [6.45, 7) is 0. The highest BCUT2D eigenvalue weighted by Gasteiger charge is 2.11. The molecule has 0 saturated carbocycles. The van der Waals surface area contributed by atoms with Crippen LogP contribution < -0.4 is 0 Å². The number of rotatable bonds is 1. The van der Waals surface area contributed by atoms with E-state index >= 15 is 0 Å². The second-order valence-corrected chi connectivity index (χ2v) is 2.11. The van der Waals surface area contributed by atoms with Gasteiger partial charge < -0.3 is 4.74 Å². The molecule has 3 heteroatoms. The number of nitriles is 2. The van der Waals surface area contributed by atoms with Crippen LogP contribution in [0.2, 0.25) is 0 Å². The van der Waals surface area contributed by atoms with Crippen LogP contribution in [-0.2, 0) is 4.74 Å². The predicted octanol–water partition coefficient (Wildman–Crippen LogP) is 1.43. The van der Waals surface area contributed by atoms with E-state index in [0.29, 0.717) is 5.57 Å². The lowest BCUT2D eigenvalue weighted by Gasteiger charge is -2.12. The summed E-state index contributed by atoms with van der Waals surface area (Å²) in [5.41, 5.74) is 0.318. The van der Waals surface area contributed by atoms with Crippen molar-refractivity contribution < 1.29 is 4.74 Å². The van der Waals surface area contributed by atoms with E-state index in [4.69, 9.17) is 15.3 Å². The number of ether oxygens (including phenoxy) is 1. The van der Waals surface area contributed by atoms with Crippen molar-refractivity contribution in [1.82, 2.24) is 0 Å². The molecule has 0 fully saturated rings. The Labute approximate surface area is 70.5 Å². The van der Waals surface area contributed by atoms with Gasteiger partial charge in [-0.1, -0.05) is 6.08 Å². The molecule has 1 aliphatic heterocycles. The van der Waals surface area contributed by atoms with Crippen molar-refractivity contribution in [3.05, 3.63) is 36.1 Å². The van der Waals surface area contributed by atoms with E-state index in [2.05, 4.69) is 0 Å². The lowest BCUT2D eigenvalue weighted by molar-refractivity contribution is 0.218. The molecule has 0 spiro atoms. The lowest BCUT2D eigenvalue weighted by atomic mass is 10.1. The summed E-state index contributed by atoms with van der Waals surface area (Å²) in [5, 5.41) is 16.9.